The summed E-state index contributed by atoms with van der Waals surface area (Å²) < 4.78 is 12.1. The largest absolute Gasteiger partial charge is 0.379 e. The van der Waals surface area contributed by atoms with Gasteiger partial charge in [-0.1, -0.05) is 79.2 Å². The first-order chi connectivity index (χ1) is 27.6. The summed E-state index contributed by atoms with van der Waals surface area (Å²) in [5.74, 6) is -1.37. The Morgan fingerprint density at radius 2 is 1.72 bits per heavy atom. The van der Waals surface area contributed by atoms with Crippen LogP contribution in [-0.2, 0) is 33.5 Å². The average Bonchev–Trinajstić information content (AvgIpc) is 3.74. The summed E-state index contributed by atoms with van der Waals surface area (Å²) in [6, 6.07) is -1.73. The molecule has 3 fully saturated rings. The van der Waals surface area contributed by atoms with Crippen molar-refractivity contribution in [2.24, 2.45) is 35.5 Å². The number of nitrogens with zero attached hydrogens (tertiary/aromatic N) is 3. The van der Waals surface area contributed by atoms with Crippen LogP contribution >= 0.6 is 0 Å². The van der Waals surface area contributed by atoms with Gasteiger partial charge in [0.25, 0.3) is 5.91 Å². The third-order valence-corrected chi connectivity index (χ3v) is 13.4. The molecule has 58 heavy (non-hydrogen) atoms. The van der Waals surface area contributed by atoms with E-state index >= 15 is 0 Å². The molecule has 0 radical (unpaired) electrons. The van der Waals surface area contributed by atoms with Gasteiger partial charge in [0.1, 0.15) is 11.8 Å². The normalized spacial score (nSPS) is 27.4. The summed E-state index contributed by atoms with van der Waals surface area (Å²) in [6.07, 6.45) is 11.3. The molecule has 4 aliphatic rings. The summed E-state index contributed by atoms with van der Waals surface area (Å²) in [5, 5.41) is 22.1. The number of hydrogen-bond donors (Lipinski definition) is 4. The van der Waals surface area contributed by atoms with Gasteiger partial charge in [-0.15, -0.1) is 0 Å². The lowest BCUT2D eigenvalue weighted by Crippen LogP contribution is -2.61. The molecule has 0 spiro atoms. The molecule has 4 amide bonds. The maximum absolute atomic E-state index is 14.4. The van der Waals surface area contributed by atoms with Crippen molar-refractivity contribution in [2.45, 2.75) is 148 Å². The molecular weight excluding hydrogens is 741 g/mol. The minimum Gasteiger partial charge on any atom is -0.379 e. The second-order valence-electron chi connectivity index (χ2n) is 17.9. The number of likely N-dealkylation sites (tertiary alicyclic amines) is 1. The van der Waals surface area contributed by atoms with E-state index in [4.69, 9.17) is 14.3 Å². The Morgan fingerprint density at radius 1 is 1.00 bits per heavy atom. The molecule has 14 nitrogen and oxygen atoms in total. The van der Waals surface area contributed by atoms with Gasteiger partial charge in [-0.2, -0.15) is 0 Å². The Balaban J connectivity index is 1.49. The van der Waals surface area contributed by atoms with Gasteiger partial charge >= 0.3 is 0 Å². The summed E-state index contributed by atoms with van der Waals surface area (Å²) >= 11 is 0. The van der Waals surface area contributed by atoms with Crippen LogP contribution in [0.25, 0.3) is 0 Å². The van der Waals surface area contributed by atoms with Crippen LogP contribution in [0, 0.1) is 35.5 Å². The standard InChI is InChI=1S/C44H76N6O8/c1-12-29(6)38(48(9)42(54)37(28(4)5)46-41(53)36(45-8)27(2)3)34(56-10)25-35(51)49-22-18-21-33(49)39(57-11)30(7)40(52)47-44(43(55)50-23-16-17-24-58-50)26-32(44)31-19-14-13-15-20-31/h13-15,19,27-34,36-39,41,45-46,53H,12,16-18,20-26H2,1-11H3,(H,47,52)/t29-,30+,31?,32-,33-,34+,36-,37-,38-,39+,41?,44-/m0/s1. The molecule has 2 heterocycles. The maximum atomic E-state index is 14.4. The predicted molar refractivity (Wildman–Crippen MR) is 224 cm³/mol. The molecule has 12 atom stereocenters. The number of hydroxylamine groups is 2. The van der Waals surface area contributed by atoms with Crippen molar-refractivity contribution in [1.82, 2.24) is 30.8 Å². The van der Waals surface area contributed by atoms with Crippen LogP contribution in [-0.4, -0.2) is 140 Å². The number of aliphatic hydroxyl groups is 1. The van der Waals surface area contributed by atoms with Crippen molar-refractivity contribution in [2.75, 3.05) is 48.0 Å². The number of hydrogen-bond acceptors (Lipinski definition) is 10. The van der Waals surface area contributed by atoms with Crippen LogP contribution in [0.3, 0.4) is 0 Å². The summed E-state index contributed by atoms with van der Waals surface area (Å²) in [4.78, 5) is 66.3. The van der Waals surface area contributed by atoms with Gasteiger partial charge < -0.3 is 35.0 Å². The Bertz CT molecular complexity index is 1440. The van der Waals surface area contributed by atoms with E-state index in [-0.39, 0.29) is 71.7 Å². The van der Waals surface area contributed by atoms with E-state index in [0.29, 0.717) is 32.5 Å². The van der Waals surface area contributed by atoms with Crippen molar-refractivity contribution < 1.29 is 38.6 Å². The van der Waals surface area contributed by atoms with Crippen molar-refractivity contribution in [1.29, 1.82) is 0 Å². The number of amides is 4. The van der Waals surface area contributed by atoms with Crippen molar-refractivity contribution in [3.8, 4) is 0 Å². The van der Waals surface area contributed by atoms with E-state index in [1.165, 1.54) is 5.06 Å². The monoisotopic (exact) mass is 817 g/mol. The van der Waals surface area contributed by atoms with E-state index in [1.807, 2.05) is 51.7 Å². The predicted octanol–water partition coefficient (Wildman–Crippen LogP) is 3.64. The SMILES string of the molecule is CC[C@H](C)[C@@H]([C@@H](CC(=O)N1CCC[C@H]1[C@H](OC)[C@@H](C)C(=O)N[C@@]1(C(=O)N2CCCCO2)C[C@H]1C1C=CC=CC1)OC)N(C)C(=O)[C@@H](NC(O)[C@@H](NC)C(C)C)C(C)C. The highest BCUT2D eigenvalue weighted by Gasteiger charge is 2.65. The number of allylic oxidation sites excluding steroid dienone is 4. The van der Waals surface area contributed by atoms with E-state index < -0.39 is 42.0 Å². The average molecular weight is 817 g/mol. The Hall–Kier alpha value is -2.88. The number of aliphatic hydroxyl groups excluding tert-OH is 1. The van der Waals surface area contributed by atoms with Crippen LogP contribution in [0.5, 0.6) is 0 Å². The van der Waals surface area contributed by atoms with Gasteiger partial charge in [-0.3, -0.25) is 29.3 Å². The molecule has 4 N–H and O–H groups in total. The second kappa shape index (κ2) is 21.6. The van der Waals surface area contributed by atoms with Gasteiger partial charge in [0.2, 0.25) is 17.7 Å². The number of rotatable bonds is 21. The maximum Gasteiger partial charge on any atom is 0.272 e. The number of nitrogens with one attached hydrogen (secondary N) is 3. The Morgan fingerprint density at radius 3 is 2.28 bits per heavy atom. The highest BCUT2D eigenvalue weighted by atomic mass is 16.7. The highest BCUT2D eigenvalue weighted by Crippen LogP contribution is 2.52. The summed E-state index contributed by atoms with van der Waals surface area (Å²) in [5.41, 5.74) is -1.06. The number of methoxy groups -OCH3 is 2. The van der Waals surface area contributed by atoms with Crippen molar-refractivity contribution in [3.05, 3.63) is 24.3 Å². The molecule has 2 unspecified atom stereocenters. The third kappa shape index (κ3) is 10.9. The molecule has 0 aromatic heterocycles. The zero-order valence-corrected chi connectivity index (χ0v) is 37.2. The van der Waals surface area contributed by atoms with Gasteiger partial charge in [0, 0.05) is 46.3 Å². The topological polar surface area (TPSA) is 162 Å². The minimum absolute atomic E-state index is 0.00767. The zero-order valence-electron chi connectivity index (χ0n) is 37.2. The highest BCUT2D eigenvalue weighted by molar-refractivity contribution is 5.95. The molecule has 2 saturated heterocycles. The molecule has 14 heteroatoms. The van der Waals surface area contributed by atoms with E-state index in [9.17, 15) is 24.3 Å². The lowest BCUT2D eigenvalue weighted by Gasteiger charge is -2.41. The fourth-order valence-electron chi connectivity index (χ4n) is 9.68. The lowest BCUT2D eigenvalue weighted by atomic mass is 9.89. The number of carbonyl (C=O) groups is 4. The molecule has 330 valence electrons. The minimum atomic E-state index is -1.06. The second-order valence-corrected chi connectivity index (χ2v) is 17.9. The molecule has 2 aliphatic carbocycles. The quantitative estimate of drug-likeness (QED) is 0.126. The van der Waals surface area contributed by atoms with Gasteiger partial charge in [0.15, 0.2) is 0 Å². The Kier molecular flexibility index (Phi) is 17.8. The number of carbonyl (C=O) groups excluding carboxylic acids is 4. The molecule has 0 aromatic carbocycles. The van der Waals surface area contributed by atoms with Gasteiger partial charge in [-0.05, 0) is 69.2 Å². The molecule has 2 aliphatic heterocycles. The molecule has 0 aromatic rings. The number of ether oxygens (including phenoxy) is 2. The van der Waals surface area contributed by atoms with Crippen molar-refractivity contribution >= 4 is 23.6 Å². The number of likely N-dealkylation sites (N-methyl/N-ethyl adjacent to an activating group) is 2. The summed E-state index contributed by atoms with van der Waals surface area (Å²) in [6.45, 7) is 15.3. The van der Waals surface area contributed by atoms with E-state index in [2.05, 4.69) is 41.9 Å². The van der Waals surface area contributed by atoms with Gasteiger partial charge in [-0.25, -0.2) is 5.06 Å². The smallest absolute Gasteiger partial charge is 0.272 e. The first-order valence-electron chi connectivity index (χ1n) is 21.9. The van der Waals surface area contributed by atoms with Crippen LogP contribution in [0.1, 0.15) is 99.8 Å². The molecule has 4 rings (SSSR count). The van der Waals surface area contributed by atoms with E-state index in [0.717, 1.165) is 32.1 Å². The van der Waals surface area contributed by atoms with Crippen molar-refractivity contribution in [3.63, 3.8) is 0 Å². The first kappa shape index (κ1) is 47.8. The van der Waals surface area contributed by atoms with Crippen LogP contribution in [0.4, 0.5) is 0 Å². The zero-order chi connectivity index (χ0) is 42.9. The molecular formula is C44H76N6O8. The van der Waals surface area contributed by atoms with E-state index in [1.54, 1.807) is 33.2 Å². The summed E-state index contributed by atoms with van der Waals surface area (Å²) in [7, 11) is 6.71. The first-order valence-corrected chi connectivity index (χ1v) is 21.9. The van der Waals surface area contributed by atoms with Crippen LogP contribution < -0.4 is 16.0 Å². The van der Waals surface area contributed by atoms with Crippen LogP contribution in [0.15, 0.2) is 24.3 Å². The fraction of sp³-hybridized carbons (Fsp3) is 0.818. The fourth-order valence-corrected chi connectivity index (χ4v) is 9.68. The molecule has 0 bridgehead atoms. The van der Waals surface area contributed by atoms with Crippen LogP contribution in [0.2, 0.25) is 0 Å². The van der Waals surface area contributed by atoms with Gasteiger partial charge in [0.05, 0.1) is 49.3 Å². The Labute approximate surface area is 348 Å². The molecule has 1 saturated carbocycles. The third-order valence-electron chi connectivity index (χ3n) is 13.4. The lowest BCUT2D eigenvalue weighted by molar-refractivity contribution is -0.201.